The molecule has 0 unspecified atom stereocenters. The van der Waals surface area contributed by atoms with Gasteiger partial charge in [-0.15, -0.1) is 5.10 Å². The molecule has 0 saturated heterocycles. The summed E-state index contributed by atoms with van der Waals surface area (Å²) in [5, 5.41) is 17.0. The lowest BCUT2D eigenvalue weighted by molar-refractivity contribution is -0.120. The summed E-state index contributed by atoms with van der Waals surface area (Å²) in [5.74, 6) is -0.0168. The Bertz CT molecular complexity index is 982. The number of nitrogens with one attached hydrogen (secondary N) is 1. The van der Waals surface area contributed by atoms with Crippen LogP contribution < -0.4 is 15.4 Å². The Hall–Kier alpha value is -3.27. The summed E-state index contributed by atoms with van der Waals surface area (Å²) in [7, 11) is 1.70. The largest absolute Gasteiger partial charge is 0.420 e. The van der Waals surface area contributed by atoms with E-state index in [1.165, 1.54) is 0 Å². The highest BCUT2D eigenvalue weighted by molar-refractivity contribution is 6.14. The fourth-order valence-corrected chi connectivity index (χ4v) is 3.84. The molecular formula is C18H17N5O2. The number of para-hydroxylation sites is 1. The van der Waals surface area contributed by atoms with E-state index in [2.05, 4.69) is 16.3 Å². The normalized spacial score (nSPS) is 21.4. The van der Waals surface area contributed by atoms with Crippen LogP contribution in [0.4, 0.5) is 5.69 Å². The van der Waals surface area contributed by atoms with Crippen molar-refractivity contribution >= 4 is 11.6 Å². The number of benzene rings is 1. The van der Waals surface area contributed by atoms with Gasteiger partial charge < -0.3 is 15.4 Å². The van der Waals surface area contributed by atoms with E-state index in [1.54, 1.807) is 11.9 Å². The lowest BCUT2D eigenvalue weighted by atomic mass is 9.68. The molecule has 1 aromatic heterocycles. The Kier molecular flexibility index (Phi) is 2.97. The standard InChI is InChI=1S/C18H17N5O2/c1-9(2)14-13-16(22-21-14)25-15(20)11(8-19)18(13)10-6-4-5-7-12(10)23(3)17(18)24/h4-7,9H,20H2,1-3H3,(H,21,22)/t18-/m1/s1. The Balaban J connectivity index is 2.19. The van der Waals surface area contributed by atoms with Crippen LogP contribution in [0.1, 0.15) is 36.6 Å². The van der Waals surface area contributed by atoms with Gasteiger partial charge in [0.05, 0.1) is 5.56 Å². The minimum Gasteiger partial charge on any atom is -0.420 e. The summed E-state index contributed by atoms with van der Waals surface area (Å²) in [6.07, 6.45) is 0. The number of likely N-dealkylation sites (N-methyl/N-ethyl adjacent to an activating group) is 1. The van der Waals surface area contributed by atoms with Crippen LogP contribution in [0.5, 0.6) is 5.88 Å². The van der Waals surface area contributed by atoms with E-state index in [-0.39, 0.29) is 29.2 Å². The van der Waals surface area contributed by atoms with E-state index in [4.69, 9.17) is 10.5 Å². The quantitative estimate of drug-likeness (QED) is 0.827. The van der Waals surface area contributed by atoms with Gasteiger partial charge in [-0.3, -0.25) is 9.89 Å². The Morgan fingerprint density at radius 1 is 1.40 bits per heavy atom. The number of amides is 1. The van der Waals surface area contributed by atoms with Gasteiger partial charge in [0.2, 0.25) is 17.7 Å². The fraction of sp³-hybridized carbons (Fsp3) is 0.278. The molecule has 2 aromatic rings. The molecule has 0 fully saturated rings. The topological polar surface area (TPSA) is 108 Å². The monoisotopic (exact) mass is 335 g/mol. The smallest absolute Gasteiger partial charge is 0.247 e. The molecular weight excluding hydrogens is 318 g/mol. The third-order valence-corrected chi connectivity index (χ3v) is 4.95. The minimum atomic E-state index is -1.33. The maximum absolute atomic E-state index is 13.5. The Morgan fingerprint density at radius 3 is 2.80 bits per heavy atom. The number of hydrogen-bond donors (Lipinski definition) is 2. The van der Waals surface area contributed by atoms with Crippen molar-refractivity contribution in [1.29, 1.82) is 5.26 Å². The van der Waals surface area contributed by atoms with Gasteiger partial charge in [0.1, 0.15) is 17.1 Å². The van der Waals surface area contributed by atoms with Crippen molar-refractivity contribution in [3.8, 4) is 11.9 Å². The molecule has 1 atom stereocenters. The molecule has 4 rings (SSSR count). The van der Waals surface area contributed by atoms with Crippen LogP contribution in [-0.2, 0) is 10.2 Å². The van der Waals surface area contributed by atoms with Gasteiger partial charge in [-0.05, 0) is 12.0 Å². The maximum atomic E-state index is 13.5. The first-order valence-corrected chi connectivity index (χ1v) is 7.99. The van der Waals surface area contributed by atoms with Crippen molar-refractivity contribution in [1.82, 2.24) is 10.2 Å². The van der Waals surface area contributed by atoms with Crippen LogP contribution in [0.15, 0.2) is 35.7 Å². The minimum absolute atomic E-state index is 0.0573. The Labute approximate surface area is 144 Å². The fourth-order valence-electron chi connectivity index (χ4n) is 3.84. The number of aromatic nitrogens is 2. The molecule has 7 heteroatoms. The second-order valence-electron chi connectivity index (χ2n) is 6.56. The third kappa shape index (κ3) is 1.63. The molecule has 0 saturated carbocycles. The average molecular weight is 335 g/mol. The Morgan fingerprint density at radius 2 is 2.12 bits per heavy atom. The van der Waals surface area contributed by atoms with Gasteiger partial charge in [-0.25, -0.2) is 0 Å². The molecule has 3 N–H and O–H groups in total. The zero-order valence-corrected chi connectivity index (χ0v) is 14.1. The molecule has 25 heavy (non-hydrogen) atoms. The maximum Gasteiger partial charge on any atom is 0.247 e. The van der Waals surface area contributed by atoms with E-state index in [0.29, 0.717) is 5.56 Å². The number of rotatable bonds is 1. The average Bonchev–Trinajstić information content (AvgIpc) is 3.10. The number of nitriles is 1. The first-order valence-electron chi connectivity index (χ1n) is 7.99. The number of carbonyl (C=O) groups excluding carboxylic acids is 1. The van der Waals surface area contributed by atoms with Gasteiger partial charge in [0, 0.05) is 24.0 Å². The van der Waals surface area contributed by atoms with E-state index in [0.717, 1.165) is 16.9 Å². The second-order valence-corrected chi connectivity index (χ2v) is 6.56. The van der Waals surface area contributed by atoms with Crippen LogP contribution in [0, 0.1) is 11.3 Å². The summed E-state index contributed by atoms with van der Waals surface area (Å²) < 4.78 is 5.57. The second kappa shape index (κ2) is 4.86. The van der Waals surface area contributed by atoms with Crippen molar-refractivity contribution in [3.63, 3.8) is 0 Å². The SMILES string of the molecule is CC(C)c1[nH]nc2c1[C@]1(C(=O)N(C)c3ccccc31)C(C#N)=C(N)O2. The van der Waals surface area contributed by atoms with E-state index < -0.39 is 5.41 Å². The van der Waals surface area contributed by atoms with Crippen LogP contribution in [-0.4, -0.2) is 23.2 Å². The van der Waals surface area contributed by atoms with Crippen LogP contribution >= 0.6 is 0 Å². The lowest BCUT2D eigenvalue weighted by Crippen LogP contribution is -2.45. The van der Waals surface area contributed by atoms with Crippen molar-refractivity contribution in [2.75, 3.05) is 11.9 Å². The number of H-pyrrole nitrogens is 1. The van der Waals surface area contributed by atoms with Crippen molar-refractivity contribution in [3.05, 3.63) is 52.5 Å². The zero-order chi connectivity index (χ0) is 17.9. The van der Waals surface area contributed by atoms with Crippen LogP contribution in [0.2, 0.25) is 0 Å². The van der Waals surface area contributed by atoms with Gasteiger partial charge in [0.25, 0.3) is 0 Å². The number of hydrogen-bond acceptors (Lipinski definition) is 5. The van der Waals surface area contributed by atoms with Crippen molar-refractivity contribution in [2.24, 2.45) is 5.73 Å². The molecule has 126 valence electrons. The highest BCUT2D eigenvalue weighted by Crippen LogP contribution is 2.55. The highest BCUT2D eigenvalue weighted by atomic mass is 16.5. The van der Waals surface area contributed by atoms with E-state index >= 15 is 0 Å². The number of fused-ring (bicyclic) bond motifs is 4. The number of nitrogens with two attached hydrogens (primary N) is 1. The summed E-state index contributed by atoms with van der Waals surface area (Å²) in [6, 6.07) is 9.54. The number of nitrogens with zero attached hydrogens (tertiary/aromatic N) is 3. The summed E-state index contributed by atoms with van der Waals surface area (Å²) in [4.78, 5) is 15.0. The molecule has 0 radical (unpaired) electrons. The molecule has 2 aliphatic rings. The van der Waals surface area contributed by atoms with E-state index in [1.807, 2.05) is 38.1 Å². The predicted octanol–water partition coefficient (Wildman–Crippen LogP) is 1.88. The van der Waals surface area contributed by atoms with E-state index in [9.17, 15) is 10.1 Å². The molecule has 1 amide bonds. The molecule has 1 spiro atoms. The number of carbonyl (C=O) groups is 1. The summed E-state index contributed by atoms with van der Waals surface area (Å²) in [5.41, 5.74) is 7.59. The first kappa shape index (κ1) is 15.3. The first-order chi connectivity index (χ1) is 11.9. The van der Waals surface area contributed by atoms with Crippen LogP contribution in [0.25, 0.3) is 0 Å². The summed E-state index contributed by atoms with van der Waals surface area (Å²) in [6.45, 7) is 3.98. The zero-order valence-electron chi connectivity index (χ0n) is 14.1. The van der Waals surface area contributed by atoms with Crippen molar-refractivity contribution < 1.29 is 9.53 Å². The number of ether oxygens (including phenoxy) is 1. The van der Waals surface area contributed by atoms with Gasteiger partial charge in [0.15, 0.2) is 0 Å². The molecule has 7 nitrogen and oxygen atoms in total. The number of anilines is 1. The van der Waals surface area contributed by atoms with Gasteiger partial charge in [-0.2, -0.15) is 5.26 Å². The summed E-state index contributed by atoms with van der Waals surface area (Å²) >= 11 is 0. The molecule has 2 aliphatic heterocycles. The molecule has 3 heterocycles. The van der Waals surface area contributed by atoms with Crippen LogP contribution in [0.3, 0.4) is 0 Å². The predicted molar refractivity (Wildman–Crippen MR) is 90.8 cm³/mol. The van der Waals surface area contributed by atoms with Crippen molar-refractivity contribution in [2.45, 2.75) is 25.2 Å². The highest BCUT2D eigenvalue weighted by Gasteiger charge is 2.60. The molecule has 0 aliphatic carbocycles. The number of aromatic amines is 1. The molecule has 1 aromatic carbocycles. The van der Waals surface area contributed by atoms with Gasteiger partial charge >= 0.3 is 0 Å². The lowest BCUT2D eigenvalue weighted by Gasteiger charge is -2.32. The van der Waals surface area contributed by atoms with Gasteiger partial charge in [-0.1, -0.05) is 32.0 Å². The third-order valence-electron chi connectivity index (χ3n) is 4.95. The molecule has 0 bridgehead atoms.